The third-order valence-electron chi connectivity index (χ3n) is 4.93. The van der Waals surface area contributed by atoms with Crippen LogP contribution in [0.5, 0.6) is 5.75 Å². The molecule has 35 heavy (non-hydrogen) atoms. The van der Waals surface area contributed by atoms with Crippen molar-refractivity contribution in [3.05, 3.63) is 63.8 Å². The molecule has 0 aliphatic rings. The van der Waals surface area contributed by atoms with Gasteiger partial charge in [0.2, 0.25) is 10.0 Å². The highest BCUT2D eigenvalue weighted by atomic mass is 35.5. The van der Waals surface area contributed by atoms with E-state index in [0.717, 1.165) is 11.1 Å². The molecular weight excluding hydrogens is 511 g/mol. The molecule has 0 bridgehead atoms. The number of halogens is 2. The first-order valence-electron chi connectivity index (χ1n) is 10.8. The summed E-state index contributed by atoms with van der Waals surface area (Å²) in [5.74, 6) is -0.211. The normalized spacial score (nSPS) is 12.6. The average molecular weight is 539 g/mol. The van der Waals surface area contributed by atoms with Crippen molar-refractivity contribution in [2.24, 2.45) is 0 Å². The number of ether oxygens (including phenoxy) is 2. The summed E-state index contributed by atoms with van der Waals surface area (Å²) < 4.78 is 40.1. The monoisotopic (exact) mass is 538 g/mol. The second-order valence-corrected chi connectivity index (χ2v) is 12.1. The van der Waals surface area contributed by atoms with Crippen molar-refractivity contribution >= 4 is 50.1 Å². The maximum absolute atomic E-state index is 13.2. The van der Waals surface area contributed by atoms with Crippen LogP contribution in [0.2, 0.25) is 10.0 Å². The maximum atomic E-state index is 13.2. The number of para-hydroxylation sites is 1. The van der Waals surface area contributed by atoms with Crippen LogP contribution in [-0.2, 0) is 26.2 Å². The second kappa shape index (κ2) is 9.93. The topological polar surface area (TPSA) is 94.6 Å². The SMILES string of the molecule is Cc1ccc2cccc(OCc3c(Cl)ccc(S(=O)(=O)NC(C)(C)C(=O)OC(C)(C)C)c3Cl)c2n1. The number of sulfonamides is 1. The third kappa shape index (κ3) is 6.44. The Morgan fingerprint density at radius 3 is 2.37 bits per heavy atom. The Hall–Kier alpha value is -2.39. The fourth-order valence-electron chi connectivity index (χ4n) is 3.24. The summed E-state index contributed by atoms with van der Waals surface area (Å²) in [5.41, 5.74) is -0.535. The molecule has 10 heteroatoms. The van der Waals surface area contributed by atoms with Gasteiger partial charge in [-0.3, -0.25) is 4.79 Å². The summed E-state index contributed by atoms with van der Waals surface area (Å²) in [5, 5.41) is 1.04. The van der Waals surface area contributed by atoms with Gasteiger partial charge in [0.1, 0.15) is 33.9 Å². The highest BCUT2D eigenvalue weighted by molar-refractivity contribution is 7.89. The molecule has 1 heterocycles. The van der Waals surface area contributed by atoms with Gasteiger partial charge >= 0.3 is 5.97 Å². The molecule has 0 atom stereocenters. The van der Waals surface area contributed by atoms with E-state index in [1.165, 1.54) is 26.0 Å². The molecule has 0 radical (unpaired) electrons. The zero-order valence-electron chi connectivity index (χ0n) is 20.4. The number of carbonyl (C=O) groups excluding carboxylic acids is 1. The summed E-state index contributed by atoms with van der Waals surface area (Å²) in [6, 6.07) is 12.1. The summed E-state index contributed by atoms with van der Waals surface area (Å²) in [4.78, 5) is 16.9. The van der Waals surface area contributed by atoms with Crippen molar-refractivity contribution in [3.63, 3.8) is 0 Å². The first kappa shape index (κ1) is 27.2. The Labute approximate surface area is 215 Å². The molecule has 1 aromatic heterocycles. The van der Waals surface area contributed by atoms with Gasteiger partial charge in [-0.05, 0) is 65.8 Å². The Morgan fingerprint density at radius 2 is 1.71 bits per heavy atom. The predicted molar refractivity (Wildman–Crippen MR) is 138 cm³/mol. The van der Waals surface area contributed by atoms with Gasteiger partial charge < -0.3 is 9.47 Å². The Balaban J connectivity index is 1.90. The Morgan fingerprint density at radius 1 is 1.03 bits per heavy atom. The smallest absolute Gasteiger partial charge is 0.327 e. The number of rotatable bonds is 7. The lowest BCUT2D eigenvalue weighted by molar-refractivity contribution is -0.160. The van der Waals surface area contributed by atoms with Gasteiger partial charge in [-0.25, -0.2) is 13.4 Å². The van der Waals surface area contributed by atoms with Crippen molar-refractivity contribution in [3.8, 4) is 5.75 Å². The molecule has 2 aromatic carbocycles. The zero-order chi connectivity index (χ0) is 26.2. The first-order valence-corrected chi connectivity index (χ1v) is 13.1. The van der Waals surface area contributed by atoms with Crippen molar-refractivity contribution in [2.75, 3.05) is 0 Å². The molecule has 0 unspecified atom stereocenters. The van der Waals surface area contributed by atoms with E-state index in [1.807, 2.05) is 31.2 Å². The van der Waals surface area contributed by atoms with Gasteiger partial charge in [-0.1, -0.05) is 41.4 Å². The maximum Gasteiger partial charge on any atom is 0.327 e. The van der Waals surface area contributed by atoms with E-state index in [4.69, 9.17) is 32.7 Å². The van der Waals surface area contributed by atoms with E-state index >= 15 is 0 Å². The number of carbonyl (C=O) groups is 1. The van der Waals surface area contributed by atoms with Crippen LogP contribution in [-0.4, -0.2) is 30.5 Å². The molecule has 3 rings (SSSR count). The highest BCUT2D eigenvalue weighted by Gasteiger charge is 2.38. The van der Waals surface area contributed by atoms with Crippen LogP contribution >= 0.6 is 23.2 Å². The van der Waals surface area contributed by atoms with Gasteiger partial charge in [-0.2, -0.15) is 4.72 Å². The summed E-state index contributed by atoms with van der Waals surface area (Å²) in [7, 11) is -4.22. The minimum atomic E-state index is -4.22. The largest absolute Gasteiger partial charge is 0.487 e. The molecule has 3 aromatic rings. The van der Waals surface area contributed by atoms with Crippen LogP contribution < -0.4 is 9.46 Å². The quantitative estimate of drug-likeness (QED) is 0.380. The van der Waals surface area contributed by atoms with Crippen LogP contribution in [0, 0.1) is 6.92 Å². The number of aryl methyl sites for hydroxylation is 1. The fourth-order valence-corrected chi connectivity index (χ4v) is 5.49. The van der Waals surface area contributed by atoms with E-state index in [-0.39, 0.29) is 27.1 Å². The number of hydrogen-bond donors (Lipinski definition) is 1. The number of benzene rings is 2. The minimum Gasteiger partial charge on any atom is -0.487 e. The molecule has 0 saturated carbocycles. The molecule has 0 aliphatic heterocycles. The molecule has 0 saturated heterocycles. The van der Waals surface area contributed by atoms with Gasteiger partial charge in [0, 0.05) is 21.7 Å². The lowest BCUT2D eigenvalue weighted by Gasteiger charge is -2.29. The molecule has 0 aliphatic carbocycles. The number of fused-ring (bicyclic) bond motifs is 1. The number of esters is 1. The lowest BCUT2D eigenvalue weighted by Crippen LogP contribution is -2.52. The van der Waals surface area contributed by atoms with Crippen molar-refractivity contribution in [2.45, 2.75) is 64.2 Å². The number of nitrogens with one attached hydrogen (secondary N) is 1. The molecule has 0 fully saturated rings. The van der Waals surface area contributed by atoms with Crippen LogP contribution in [0.1, 0.15) is 45.9 Å². The van der Waals surface area contributed by atoms with E-state index in [0.29, 0.717) is 11.3 Å². The number of pyridine rings is 1. The zero-order valence-corrected chi connectivity index (χ0v) is 22.7. The molecule has 188 valence electrons. The van der Waals surface area contributed by atoms with Gasteiger partial charge in [0.25, 0.3) is 0 Å². The second-order valence-electron chi connectivity index (χ2n) is 9.64. The van der Waals surface area contributed by atoms with Crippen LogP contribution in [0.15, 0.2) is 47.4 Å². The lowest BCUT2D eigenvalue weighted by atomic mass is 10.1. The van der Waals surface area contributed by atoms with E-state index < -0.39 is 27.1 Å². The Bertz CT molecular complexity index is 1380. The van der Waals surface area contributed by atoms with Crippen LogP contribution in [0.3, 0.4) is 0 Å². The van der Waals surface area contributed by atoms with Gasteiger partial charge in [0.15, 0.2) is 0 Å². The first-order chi connectivity index (χ1) is 16.1. The summed E-state index contributed by atoms with van der Waals surface area (Å²) in [6.07, 6.45) is 0. The summed E-state index contributed by atoms with van der Waals surface area (Å²) in [6.45, 7) is 9.72. The fraction of sp³-hybridized carbons (Fsp3) is 0.360. The van der Waals surface area contributed by atoms with E-state index in [1.54, 1.807) is 26.8 Å². The summed E-state index contributed by atoms with van der Waals surface area (Å²) >= 11 is 12.9. The molecule has 0 spiro atoms. The Kier molecular flexibility index (Phi) is 7.72. The van der Waals surface area contributed by atoms with Crippen molar-refractivity contribution in [1.29, 1.82) is 0 Å². The van der Waals surface area contributed by atoms with Gasteiger partial charge in [0.05, 0.1) is 5.02 Å². The van der Waals surface area contributed by atoms with Crippen molar-refractivity contribution in [1.82, 2.24) is 9.71 Å². The van der Waals surface area contributed by atoms with Crippen LogP contribution in [0.4, 0.5) is 0 Å². The number of hydrogen-bond acceptors (Lipinski definition) is 6. The van der Waals surface area contributed by atoms with Crippen molar-refractivity contribution < 1.29 is 22.7 Å². The molecule has 7 nitrogen and oxygen atoms in total. The van der Waals surface area contributed by atoms with E-state index in [2.05, 4.69) is 9.71 Å². The molecule has 0 amide bonds. The standard InChI is InChI=1S/C25H28Cl2N2O5S/c1-15-10-11-16-8-7-9-19(22(16)28-15)33-14-17-18(26)12-13-20(21(17)27)35(31,32)29-25(5,6)23(30)34-24(2,3)4/h7-13,29H,14H2,1-6H3. The predicted octanol–water partition coefficient (Wildman–Crippen LogP) is 5.83. The number of nitrogens with zero attached hydrogens (tertiary/aromatic N) is 1. The minimum absolute atomic E-state index is 0.0920. The van der Waals surface area contributed by atoms with E-state index in [9.17, 15) is 13.2 Å². The third-order valence-corrected chi connectivity index (χ3v) is 7.53. The molecular formula is C25H28Cl2N2O5S. The highest BCUT2D eigenvalue weighted by Crippen LogP contribution is 2.34. The van der Waals surface area contributed by atoms with Crippen LogP contribution in [0.25, 0.3) is 10.9 Å². The van der Waals surface area contributed by atoms with Gasteiger partial charge in [-0.15, -0.1) is 0 Å². The molecule has 1 N–H and O–H groups in total. The number of aromatic nitrogens is 1. The average Bonchev–Trinajstić information content (AvgIpc) is 2.71.